The molecule has 1 aliphatic rings. The normalized spacial score (nSPS) is 21.6. The van der Waals surface area contributed by atoms with Crippen molar-refractivity contribution in [3.05, 3.63) is 41.0 Å². The fraction of sp³-hybridized carbons (Fsp3) is 0.333. The first-order valence-corrected chi connectivity index (χ1v) is 8.24. The Balaban J connectivity index is 1.75. The summed E-state index contributed by atoms with van der Waals surface area (Å²) in [5.41, 5.74) is 0.227. The van der Waals surface area contributed by atoms with Crippen LogP contribution in [0.5, 0.6) is 0 Å². The van der Waals surface area contributed by atoms with Gasteiger partial charge in [0.15, 0.2) is 0 Å². The maximum atomic E-state index is 12.1. The topological polar surface area (TPSA) is 62.2 Å². The van der Waals surface area contributed by atoms with Crippen LogP contribution in [0.4, 0.5) is 0 Å². The molecule has 1 fully saturated rings. The molecule has 3 rings (SSSR count). The number of halogens is 1. The molecule has 2 N–H and O–H groups in total. The highest BCUT2D eigenvalue weighted by atomic mass is 35.5. The van der Waals surface area contributed by atoms with Crippen LogP contribution >= 0.6 is 23.4 Å². The Labute approximate surface area is 131 Å². The van der Waals surface area contributed by atoms with Crippen molar-refractivity contribution in [1.29, 1.82) is 0 Å². The van der Waals surface area contributed by atoms with E-state index < -0.39 is 5.60 Å². The number of benzene rings is 1. The van der Waals surface area contributed by atoms with Crippen molar-refractivity contribution >= 4 is 40.2 Å². The number of carbonyl (C=O) groups is 1. The molecular formula is C15H15ClN2O2S. The smallest absolute Gasteiger partial charge is 0.270 e. The van der Waals surface area contributed by atoms with E-state index in [2.05, 4.69) is 10.3 Å². The number of thioether (sulfide) groups is 1. The van der Waals surface area contributed by atoms with Crippen LogP contribution in [0.3, 0.4) is 0 Å². The Morgan fingerprint density at radius 3 is 3.00 bits per heavy atom. The molecule has 1 aromatic heterocycles. The van der Waals surface area contributed by atoms with Gasteiger partial charge in [-0.05, 0) is 30.4 Å². The fourth-order valence-corrected chi connectivity index (χ4v) is 3.75. The van der Waals surface area contributed by atoms with Crippen molar-refractivity contribution in [2.45, 2.75) is 12.0 Å². The van der Waals surface area contributed by atoms with Gasteiger partial charge in [-0.15, -0.1) is 0 Å². The molecule has 0 bridgehead atoms. The van der Waals surface area contributed by atoms with Crippen molar-refractivity contribution < 1.29 is 9.90 Å². The second-order valence-corrected chi connectivity index (χ2v) is 6.78. The van der Waals surface area contributed by atoms with Crippen molar-refractivity contribution in [3.8, 4) is 0 Å². The third kappa shape index (κ3) is 3.31. The number of amides is 1. The maximum absolute atomic E-state index is 12.1. The van der Waals surface area contributed by atoms with Gasteiger partial charge in [-0.2, -0.15) is 11.8 Å². The molecule has 1 atom stereocenters. The van der Waals surface area contributed by atoms with E-state index in [9.17, 15) is 9.90 Å². The lowest BCUT2D eigenvalue weighted by Gasteiger charge is -2.21. The summed E-state index contributed by atoms with van der Waals surface area (Å²) >= 11 is 7.64. The van der Waals surface area contributed by atoms with Gasteiger partial charge in [0.2, 0.25) is 0 Å². The van der Waals surface area contributed by atoms with Crippen LogP contribution in [0, 0.1) is 0 Å². The molecule has 0 radical (unpaired) electrons. The van der Waals surface area contributed by atoms with Crippen LogP contribution < -0.4 is 5.32 Å². The summed E-state index contributed by atoms with van der Waals surface area (Å²) in [5.74, 6) is 1.31. The summed E-state index contributed by atoms with van der Waals surface area (Å²) in [6.07, 6.45) is 0.707. The minimum absolute atomic E-state index is 0.258. The van der Waals surface area contributed by atoms with E-state index in [1.165, 1.54) is 0 Å². The highest BCUT2D eigenvalue weighted by molar-refractivity contribution is 7.99. The van der Waals surface area contributed by atoms with Crippen molar-refractivity contribution in [1.82, 2.24) is 10.3 Å². The Hall–Kier alpha value is -1.30. The molecule has 2 heterocycles. The predicted octanol–water partition coefficient (Wildman–Crippen LogP) is 2.49. The summed E-state index contributed by atoms with van der Waals surface area (Å²) in [6.45, 7) is 0.258. The quantitative estimate of drug-likeness (QED) is 0.911. The molecule has 1 aromatic carbocycles. The number of fused-ring (bicyclic) bond motifs is 1. The van der Waals surface area contributed by atoms with Gasteiger partial charge in [-0.1, -0.05) is 23.7 Å². The van der Waals surface area contributed by atoms with Crippen molar-refractivity contribution in [2.24, 2.45) is 0 Å². The fourth-order valence-electron chi connectivity index (χ4n) is 2.29. The standard InChI is InChI=1S/C15H15ClN2O2S/c16-11-3-1-10-2-4-12(18-13(10)7-11)14(19)17-8-15(20)5-6-21-9-15/h1-4,7,20H,5-6,8-9H2,(H,17,19). The first kappa shape index (κ1) is 14.6. The van der Waals surface area contributed by atoms with E-state index in [4.69, 9.17) is 11.6 Å². The third-order valence-electron chi connectivity index (χ3n) is 3.55. The van der Waals surface area contributed by atoms with Gasteiger partial charge in [0.1, 0.15) is 5.69 Å². The predicted molar refractivity (Wildman–Crippen MR) is 86.0 cm³/mol. The zero-order chi connectivity index (χ0) is 14.9. The minimum Gasteiger partial charge on any atom is -0.387 e. The first-order valence-electron chi connectivity index (χ1n) is 6.70. The van der Waals surface area contributed by atoms with Gasteiger partial charge in [0.25, 0.3) is 5.91 Å². The van der Waals surface area contributed by atoms with Crippen LogP contribution in [0.15, 0.2) is 30.3 Å². The molecule has 0 saturated carbocycles. The van der Waals surface area contributed by atoms with Crippen LogP contribution in [-0.4, -0.2) is 39.6 Å². The van der Waals surface area contributed by atoms with Crippen molar-refractivity contribution in [2.75, 3.05) is 18.1 Å². The number of rotatable bonds is 3. The van der Waals surface area contributed by atoms with E-state index in [0.29, 0.717) is 28.4 Å². The lowest BCUT2D eigenvalue weighted by atomic mass is 10.0. The monoisotopic (exact) mass is 322 g/mol. The summed E-state index contributed by atoms with van der Waals surface area (Å²) in [5, 5.41) is 14.5. The van der Waals surface area contributed by atoms with E-state index >= 15 is 0 Å². The van der Waals surface area contributed by atoms with Crippen LogP contribution in [0.2, 0.25) is 5.02 Å². The average Bonchev–Trinajstić information content (AvgIpc) is 2.91. The van der Waals surface area contributed by atoms with Gasteiger partial charge in [0.05, 0.1) is 11.1 Å². The van der Waals surface area contributed by atoms with E-state index in [1.54, 1.807) is 30.0 Å². The number of pyridine rings is 1. The summed E-state index contributed by atoms with van der Waals surface area (Å²) in [4.78, 5) is 16.5. The van der Waals surface area contributed by atoms with Gasteiger partial charge >= 0.3 is 0 Å². The van der Waals surface area contributed by atoms with Gasteiger partial charge in [-0.3, -0.25) is 4.79 Å². The molecular weight excluding hydrogens is 308 g/mol. The Bertz CT molecular complexity index is 686. The number of hydrogen-bond acceptors (Lipinski definition) is 4. The van der Waals surface area contributed by atoms with Crippen LogP contribution in [0.25, 0.3) is 10.9 Å². The van der Waals surface area contributed by atoms with E-state index in [1.807, 2.05) is 12.1 Å². The molecule has 1 saturated heterocycles. The maximum Gasteiger partial charge on any atom is 0.270 e. The van der Waals surface area contributed by atoms with Gasteiger partial charge in [-0.25, -0.2) is 4.98 Å². The number of hydrogen-bond donors (Lipinski definition) is 2. The van der Waals surface area contributed by atoms with Gasteiger partial charge in [0, 0.05) is 22.7 Å². The van der Waals surface area contributed by atoms with Gasteiger partial charge < -0.3 is 10.4 Å². The molecule has 1 aliphatic heterocycles. The second kappa shape index (κ2) is 5.83. The molecule has 4 nitrogen and oxygen atoms in total. The molecule has 0 spiro atoms. The number of aliphatic hydroxyl groups is 1. The molecule has 21 heavy (non-hydrogen) atoms. The minimum atomic E-state index is -0.791. The zero-order valence-corrected chi connectivity index (χ0v) is 12.9. The molecule has 1 unspecified atom stereocenters. The van der Waals surface area contributed by atoms with E-state index in [-0.39, 0.29) is 12.5 Å². The molecule has 0 aliphatic carbocycles. The SMILES string of the molecule is O=C(NCC1(O)CCSC1)c1ccc2ccc(Cl)cc2n1. The summed E-state index contributed by atoms with van der Waals surface area (Å²) in [6, 6.07) is 8.91. The summed E-state index contributed by atoms with van der Waals surface area (Å²) in [7, 11) is 0. The molecule has 1 amide bonds. The lowest BCUT2D eigenvalue weighted by molar-refractivity contribution is 0.0611. The molecule has 110 valence electrons. The number of carbonyl (C=O) groups excluding carboxylic acids is 1. The van der Waals surface area contributed by atoms with Crippen molar-refractivity contribution in [3.63, 3.8) is 0 Å². The lowest BCUT2D eigenvalue weighted by Crippen LogP contribution is -2.43. The van der Waals surface area contributed by atoms with E-state index in [0.717, 1.165) is 11.1 Å². The number of aromatic nitrogens is 1. The largest absolute Gasteiger partial charge is 0.387 e. The number of nitrogens with one attached hydrogen (secondary N) is 1. The third-order valence-corrected chi connectivity index (χ3v) is 5.02. The highest BCUT2D eigenvalue weighted by Crippen LogP contribution is 2.27. The Morgan fingerprint density at radius 1 is 1.43 bits per heavy atom. The molecule has 2 aromatic rings. The Morgan fingerprint density at radius 2 is 2.24 bits per heavy atom. The summed E-state index contributed by atoms with van der Waals surface area (Å²) < 4.78 is 0. The second-order valence-electron chi connectivity index (χ2n) is 5.24. The first-order chi connectivity index (χ1) is 10.1. The Kier molecular flexibility index (Phi) is 4.06. The number of nitrogens with zero attached hydrogens (tertiary/aromatic N) is 1. The van der Waals surface area contributed by atoms with Crippen LogP contribution in [-0.2, 0) is 0 Å². The average molecular weight is 323 g/mol. The van der Waals surface area contributed by atoms with Crippen LogP contribution in [0.1, 0.15) is 16.9 Å². The highest BCUT2D eigenvalue weighted by Gasteiger charge is 2.32. The zero-order valence-electron chi connectivity index (χ0n) is 11.3. The molecule has 6 heteroatoms.